The van der Waals surface area contributed by atoms with Crippen LogP contribution in [0.5, 0.6) is 11.5 Å². The van der Waals surface area contributed by atoms with Crippen LogP contribution in [0.25, 0.3) is 11.3 Å². The number of benzene rings is 2. The zero-order chi connectivity index (χ0) is 20.6. The first-order chi connectivity index (χ1) is 14.1. The van der Waals surface area contributed by atoms with Gasteiger partial charge in [0.2, 0.25) is 0 Å². The zero-order valence-corrected chi connectivity index (χ0v) is 16.7. The van der Waals surface area contributed by atoms with Crippen LogP contribution in [-0.4, -0.2) is 35.0 Å². The molecule has 2 aromatic carbocycles. The molecule has 0 saturated heterocycles. The third-order valence-corrected chi connectivity index (χ3v) is 4.19. The van der Waals surface area contributed by atoms with Gasteiger partial charge >= 0.3 is 0 Å². The molecule has 7 heteroatoms. The fourth-order valence-corrected chi connectivity index (χ4v) is 2.75. The Labute approximate surface area is 169 Å². The van der Waals surface area contributed by atoms with Crippen molar-refractivity contribution < 1.29 is 14.3 Å². The van der Waals surface area contributed by atoms with Crippen molar-refractivity contribution in [3.63, 3.8) is 0 Å². The molecular formula is C22H24N4O3. The molecule has 1 aromatic heterocycles. The summed E-state index contributed by atoms with van der Waals surface area (Å²) in [6, 6.07) is 16.8. The van der Waals surface area contributed by atoms with Gasteiger partial charge < -0.3 is 9.47 Å². The maximum Gasteiger partial charge on any atom is 0.289 e. The number of hydrazone groups is 1. The van der Waals surface area contributed by atoms with Crippen LogP contribution in [0.3, 0.4) is 0 Å². The Balaban J connectivity index is 1.69. The summed E-state index contributed by atoms with van der Waals surface area (Å²) < 4.78 is 11.1. The number of carbonyl (C=O) groups excluding carboxylic acids is 1. The van der Waals surface area contributed by atoms with Gasteiger partial charge in [-0.3, -0.25) is 9.89 Å². The standard InChI is InChI=1S/C22H24N4O3/c1-4-28-17-12-10-16(11-13-17)15(3)23-26-22(27)20-14-19(24-25-20)18-8-6-7-9-21(18)29-5-2/h6-14H,4-5H2,1-3H3,(H,24,25)(H,26,27). The normalized spacial score (nSPS) is 11.2. The molecule has 0 aliphatic rings. The first kappa shape index (κ1) is 20.1. The van der Waals surface area contributed by atoms with E-state index < -0.39 is 0 Å². The summed E-state index contributed by atoms with van der Waals surface area (Å²) in [7, 11) is 0. The highest BCUT2D eigenvalue weighted by Crippen LogP contribution is 2.28. The van der Waals surface area contributed by atoms with E-state index in [0.717, 1.165) is 22.6 Å². The minimum Gasteiger partial charge on any atom is -0.494 e. The lowest BCUT2D eigenvalue weighted by molar-refractivity contribution is 0.0950. The molecular weight excluding hydrogens is 368 g/mol. The molecule has 0 radical (unpaired) electrons. The highest BCUT2D eigenvalue weighted by Gasteiger charge is 2.13. The minimum atomic E-state index is -0.372. The van der Waals surface area contributed by atoms with Gasteiger partial charge in [-0.2, -0.15) is 10.2 Å². The van der Waals surface area contributed by atoms with E-state index in [1.807, 2.05) is 69.3 Å². The molecule has 0 aliphatic heterocycles. The third-order valence-electron chi connectivity index (χ3n) is 4.19. The predicted molar refractivity (Wildman–Crippen MR) is 112 cm³/mol. The van der Waals surface area contributed by atoms with Gasteiger partial charge in [0.25, 0.3) is 5.91 Å². The summed E-state index contributed by atoms with van der Waals surface area (Å²) in [6.45, 7) is 6.85. The largest absolute Gasteiger partial charge is 0.494 e. The highest BCUT2D eigenvalue weighted by molar-refractivity contribution is 6.00. The second-order valence-corrected chi connectivity index (χ2v) is 6.19. The van der Waals surface area contributed by atoms with Crippen molar-refractivity contribution in [2.45, 2.75) is 20.8 Å². The number of ether oxygens (including phenoxy) is 2. The molecule has 150 valence electrons. The van der Waals surface area contributed by atoms with Crippen LogP contribution in [-0.2, 0) is 0 Å². The molecule has 0 fully saturated rings. The summed E-state index contributed by atoms with van der Waals surface area (Å²) >= 11 is 0. The summed E-state index contributed by atoms with van der Waals surface area (Å²) in [5.41, 5.74) is 5.90. The van der Waals surface area contributed by atoms with Crippen molar-refractivity contribution in [3.8, 4) is 22.8 Å². The first-order valence-electron chi connectivity index (χ1n) is 9.47. The van der Waals surface area contributed by atoms with Crippen molar-refractivity contribution in [2.24, 2.45) is 5.10 Å². The van der Waals surface area contributed by atoms with Gasteiger partial charge in [0.1, 0.15) is 17.2 Å². The molecule has 0 aliphatic carbocycles. The third kappa shape index (κ3) is 5.01. The number of nitrogens with zero attached hydrogens (tertiary/aromatic N) is 2. The van der Waals surface area contributed by atoms with E-state index in [9.17, 15) is 4.79 Å². The van der Waals surface area contributed by atoms with Gasteiger partial charge in [-0.05, 0) is 68.8 Å². The van der Waals surface area contributed by atoms with E-state index in [1.165, 1.54) is 0 Å². The SMILES string of the molecule is CCOc1ccc(C(C)=NNC(=O)c2cc(-c3ccccc3OCC)n[nH]2)cc1. The average Bonchev–Trinajstić information content (AvgIpc) is 3.23. The number of amides is 1. The van der Waals surface area contributed by atoms with Crippen LogP contribution in [0.15, 0.2) is 59.7 Å². The van der Waals surface area contributed by atoms with E-state index in [-0.39, 0.29) is 5.91 Å². The molecule has 1 heterocycles. The summed E-state index contributed by atoms with van der Waals surface area (Å²) in [5, 5.41) is 11.2. The Morgan fingerprint density at radius 2 is 1.79 bits per heavy atom. The van der Waals surface area contributed by atoms with E-state index >= 15 is 0 Å². The van der Waals surface area contributed by atoms with E-state index in [0.29, 0.717) is 30.3 Å². The number of aromatic amines is 1. The Morgan fingerprint density at radius 1 is 1.07 bits per heavy atom. The van der Waals surface area contributed by atoms with Gasteiger partial charge in [0.05, 0.1) is 24.6 Å². The topological polar surface area (TPSA) is 88.6 Å². The Bertz CT molecular complexity index is 993. The van der Waals surface area contributed by atoms with Crippen LogP contribution >= 0.6 is 0 Å². The number of carbonyl (C=O) groups is 1. The summed E-state index contributed by atoms with van der Waals surface area (Å²) in [5.74, 6) is 1.14. The van der Waals surface area contributed by atoms with Crippen molar-refractivity contribution in [1.29, 1.82) is 0 Å². The maximum absolute atomic E-state index is 12.4. The zero-order valence-electron chi connectivity index (χ0n) is 16.7. The highest BCUT2D eigenvalue weighted by atomic mass is 16.5. The number of hydrogen-bond acceptors (Lipinski definition) is 5. The molecule has 0 atom stereocenters. The average molecular weight is 392 g/mol. The van der Waals surface area contributed by atoms with Crippen molar-refractivity contribution in [1.82, 2.24) is 15.6 Å². The summed E-state index contributed by atoms with van der Waals surface area (Å²) in [4.78, 5) is 12.4. The molecule has 1 amide bonds. The number of nitrogens with one attached hydrogen (secondary N) is 2. The Hall–Kier alpha value is -3.61. The monoisotopic (exact) mass is 392 g/mol. The fraction of sp³-hybridized carbons (Fsp3) is 0.227. The first-order valence-corrected chi connectivity index (χ1v) is 9.47. The number of H-pyrrole nitrogens is 1. The smallest absolute Gasteiger partial charge is 0.289 e. The van der Waals surface area contributed by atoms with E-state index in [2.05, 4.69) is 20.7 Å². The molecule has 29 heavy (non-hydrogen) atoms. The number of aromatic nitrogens is 2. The Kier molecular flexibility index (Phi) is 6.63. The number of rotatable bonds is 8. The minimum absolute atomic E-state index is 0.314. The van der Waals surface area contributed by atoms with Crippen LogP contribution in [0, 0.1) is 0 Å². The lowest BCUT2D eigenvalue weighted by Gasteiger charge is -2.07. The van der Waals surface area contributed by atoms with E-state index in [1.54, 1.807) is 6.07 Å². The maximum atomic E-state index is 12.4. The molecule has 0 bridgehead atoms. The molecule has 3 aromatic rings. The van der Waals surface area contributed by atoms with Gasteiger partial charge in [0.15, 0.2) is 0 Å². The lowest BCUT2D eigenvalue weighted by Crippen LogP contribution is -2.19. The second-order valence-electron chi connectivity index (χ2n) is 6.19. The van der Waals surface area contributed by atoms with E-state index in [4.69, 9.17) is 9.47 Å². The second kappa shape index (κ2) is 9.54. The number of hydrogen-bond donors (Lipinski definition) is 2. The summed E-state index contributed by atoms with van der Waals surface area (Å²) in [6.07, 6.45) is 0. The quantitative estimate of drug-likeness (QED) is 0.447. The van der Waals surface area contributed by atoms with Crippen molar-refractivity contribution >= 4 is 11.6 Å². The van der Waals surface area contributed by atoms with Gasteiger partial charge in [-0.25, -0.2) is 5.43 Å². The van der Waals surface area contributed by atoms with Crippen molar-refractivity contribution in [2.75, 3.05) is 13.2 Å². The molecule has 0 spiro atoms. The number of para-hydroxylation sites is 1. The molecule has 3 rings (SSSR count). The van der Waals surface area contributed by atoms with Crippen molar-refractivity contribution in [3.05, 3.63) is 65.9 Å². The molecule has 2 N–H and O–H groups in total. The Morgan fingerprint density at radius 3 is 2.52 bits per heavy atom. The fourth-order valence-electron chi connectivity index (χ4n) is 2.75. The van der Waals surface area contributed by atoms with Gasteiger partial charge in [-0.15, -0.1) is 0 Å². The molecule has 0 saturated carbocycles. The van der Waals surface area contributed by atoms with Crippen LogP contribution in [0.2, 0.25) is 0 Å². The van der Waals surface area contributed by atoms with Crippen LogP contribution in [0.4, 0.5) is 0 Å². The van der Waals surface area contributed by atoms with Crippen LogP contribution < -0.4 is 14.9 Å². The predicted octanol–water partition coefficient (Wildman–Crippen LogP) is 4.03. The lowest BCUT2D eigenvalue weighted by atomic mass is 10.1. The van der Waals surface area contributed by atoms with Crippen LogP contribution in [0.1, 0.15) is 36.8 Å². The molecule has 7 nitrogen and oxygen atoms in total. The van der Waals surface area contributed by atoms with Gasteiger partial charge in [0, 0.05) is 5.56 Å². The van der Waals surface area contributed by atoms with Gasteiger partial charge in [-0.1, -0.05) is 12.1 Å². The molecule has 0 unspecified atom stereocenters.